The second-order valence-electron chi connectivity index (χ2n) is 4.03. The second kappa shape index (κ2) is 4.74. The third-order valence-corrected chi connectivity index (χ3v) is 3.07. The number of carbonyl (C=O) groups excluding carboxylic acids is 2. The molecule has 1 saturated heterocycles. The van der Waals surface area contributed by atoms with Gasteiger partial charge >= 0.3 is 0 Å². The average molecular weight is 240 g/mol. The van der Waals surface area contributed by atoms with Gasteiger partial charge in [0.1, 0.15) is 5.41 Å². The summed E-state index contributed by atoms with van der Waals surface area (Å²) in [4.78, 5) is 23.9. The molecule has 0 spiro atoms. The van der Waals surface area contributed by atoms with Crippen molar-refractivity contribution >= 4 is 29.1 Å². The van der Waals surface area contributed by atoms with Crippen LogP contribution in [-0.4, -0.2) is 16.9 Å². The van der Waals surface area contributed by atoms with Gasteiger partial charge in [-0.05, 0) is 25.6 Å². The first-order valence-electron chi connectivity index (χ1n) is 5.28. The monoisotopic (exact) mass is 240 g/mol. The van der Waals surface area contributed by atoms with Crippen LogP contribution in [0.3, 0.4) is 0 Å². The third-order valence-electron chi connectivity index (χ3n) is 2.86. The zero-order chi connectivity index (χ0) is 12.3. The highest BCUT2D eigenvalue weighted by Gasteiger charge is 2.49. The molecular formula is C11H16N2O2S. The van der Waals surface area contributed by atoms with Crippen molar-refractivity contribution in [2.75, 3.05) is 0 Å². The molecule has 0 aromatic rings. The zero-order valence-electron chi connectivity index (χ0n) is 9.55. The van der Waals surface area contributed by atoms with Gasteiger partial charge in [-0.15, -0.1) is 0 Å². The Balaban J connectivity index is 3.07. The highest BCUT2D eigenvalue weighted by atomic mass is 32.1. The number of nitrogens with one attached hydrogen (secondary N) is 2. The molecule has 0 aromatic carbocycles. The number of carbonyl (C=O) groups is 2. The molecule has 16 heavy (non-hydrogen) atoms. The molecule has 0 aromatic heterocycles. The predicted molar refractivity (Wildman–Crippen MR) is 65.7 cm³/mol. The number of amides is 2. The van der Waals surface area contributed by atoms with E-state index >= 15 is 0 Å². The van der Waals surface area contributed by atoms with E-state index in [0.29, 0.717) is 12.0 Å². The Bertz CT molecular complexity index is 343. The third kappa shape index (κ3) is 2.00. The molecule has 0 unspecified atom stereocenters. The Hall–Kier alpha value is -1.23. The van der Waals surface area contributed by atoms with Crippen molar-refractivity contribution in [1.82, 2.24) is 10.6 Å². The molecular weight excluding hydrogens is 224 g/mol. The van der Waals surface area contributed by atoms with Crippen molar-refractivity contribution in [3.63, 3.8) is 0 Å². The number of thiocarbonyl (C=S) groups is 1. The van der Waals surface area contributed by atoms with E-state index in [1.54, 1.807) is 6.92 Å². The molecule has 1 fully saturated rings. The Kier molecular flexibility index (Phi) is 3.80. The number of unbranched alkanes of at least 4 members (excludes halogenated alkanes) is 1. The van der Waals surface area contributed by atoms with E-state index in [1.807, 2.05) is 6.92 Å². The summed E-state index contributed by atoms with van der Waals surface area (Å²) in [7, 11) is 0. The molecule has 1 aliphatic heterocycles. The van der Waals surface area contributed by atoms with Crippen molar-refractivity contribution < 1.29 is 9.59 Å². The minimum Gasteiger partial charge on any atom is -0.302 e. The van der Waals surface area contributed by atoms with Crippen LogP contribution < -0.4 is 10.6 Å². The summed E-state index contributed by atoms with van der Waals surface area (Å²) in [5.74, 6) is -0.718. The van der Waals surface area contributed by atoms with Crippen LogP contribution in [0.1, 0.15) is 33.1 Å². The molecule has 0 saturated carbocycles. The summed E-state index contributed by atoms with van der Waals surface area (Å²) in [6.45, 7) is 7.47. The molecule has 0 atom stereocenters. The van der Waals surface area contributed by atoms with Gasteiger partial charge in [-0.25, -0.2) is 0 Å². The largest absolute Gasteiger partial charge is 0.302 e. The van der Waals surface area contributed by atoms with Crippen LogP contribution >= 0.6 is 12.2 Å². The lowest BCUT2D eigenvalue weighted by atomic mass is 9.74. The van der Waals surface area contributed by atoms with Crippen LogP contribution in [0.25, 0.3) is 0 Å². The van der Waals surface area contributed by atoms with Crippen molar-refractivity contribution in [2.45, 2.75) is 33.1 Å². The van der Waals surface area contributed by atoms with Gasteiger partial charge in [0.15, 0.2) is 5.11 Å². The van der Waals surface area contributed by atoms with Crippen LogP contribution in [0.4, 0.5) is 0 Å². The topological polar surface area (TPSA) is 58.2 Å². The fourth-order valence-corrected chi connectivity index (χ4v) is 2.01. The van der Waals surface area contributed by atoms with Crippen molar-refractivity contribution in [3.8, 4) is 0 Å². The molecule has 2 N–H and O–H groups in total. The minimum absolute atomic E-state index is 0.0726. The van der Waals surface area contributed by atoms with Gasteiger partial charge in [-0.1, -0.05) is 31.9 Å². The predicted octanol–water partition coefficient (Wildman–Crippen LogP) is 1.27. The number of rotatable bonds is 4. The Morgan fingerprint density at radius 2 is 1.88 bits per heavy atom. The Morgan fingerprint density at radius 3 is 2.25 bits per heavy atom. The molecule has 5 heteroatoms. The molecule has 1 rings (SSSR count). The van der Waals surface area contributed by atoms with Gasteiger partial charge in [0.05, 0.1) is 0 Å². The minimum atomic E-state index is -1.15. The average Bonchev–Trinajstić information content (AvgIpc) is 2.16. The van der Waals surface area contributed by atoms with Gasteiger partial charge in [-0.3, -0.25) is 9.59 Å². The normalized spacial score (nSPS) is 19.0. The van der Waals surface area contributed by atoms with Gasteiger partial charge in [0.25, 0.3) is 0 Å². The molecule has 1 heterocycles. The van der Waals surface area contributed by atoms with E-state index in [4.69, 9.17) is 12.2 Å². The number of hydrogen-bond acceptors (Lipinski definition) is 3. The quantitative estimate of drug-likeness (QED) is 0.442. The van der Waals surface area contributed by atoms with Gasteiger partial charge in [0, 0.05) is 0 Å². The fraction of sp³-hybridized carbons (Fsp3) is 0.545. The maximum Gasteiger partial charge on any atom is 0.245 e. The van der Waals surface area contributed by atoms with Crippen LogP contribution in [0, 0.1) is 5.41 Å². The molecule has 0 bridgehead atoms. The van der Waals surface area contributed by atoms with Gasteiger partial charge < -0.3 is 10.6 Å². The molecule has 2 amide bonds. The lowest BCUT2D eigenvalue weighted by molar-refractivity contribution is -0.141. The SMILES string of the molecule is C=C(C)C1(CCCC)C(=O)NC(=S)NC1=O. The zero-order valence-corrected chi connectivity index (χ0v) is 10.4. The summed E-state index contributed by atoms with van der Waals surface area (Å²) >= 11 is 4.77. The number of hydrogen-bond donors (Lipinski definition) is 2. The molecule has 4 nitrogen and oxygen atoms in total. The fourth-order valence-electron chi connectivity index (χ4n) is 1.82. The Morgan fingerprint density at radius 1 is 1.38 bits per heavy atom. The van der Waals surface area contributed by atoms with Crippen LogP contribution in [0.15, 0.2) is 12.2 Å². The van der Waals surface area contributed by atoms with Crippen molar-refractivity contribution in [3.05, 3.63) is 12.2 Å². The van der Waals surface area contributed by atoms with E-state index in [0.717, 1.165) is 12.8 Å². The molecule has 0 aliphatic carbocycles. The van der Waals surface area contributed by atoms with E-state index in [-0.39, 0.29) is 16.9 Å². The highest BCUT2D eigenvalue weighted by Crippen LogP contribution is 2.34. The summed E-state index contributed by atoms with van der Waals surface area (Å²) in [5.41, 5.74) is -0.600. The molecule has 88 valence electrons. The smallest absolute Gasteiger partial charge is 0.245 e. The van der Waals surface area contributed by atoms with Gasteiger partial charge in [0.2, 0.25) is 11.8 Å². The van der Waals surface area contributed by atoms with Crippen molar-refractivity contribution in [2.24, 2.45) is 5.41 Å². The van der Waals surface area contributed by atoms with Gasteiger partial charge in [-0.2, -0.15) is 0 Å². The van der Waals surface area contributed by atoms with E-state index in [9.17, 15) is 9.59 Å². The maximum atomic E-state index is 12.0. The lowest BCUT2D eigenvalue weighted by Crippen LogP contribution is -2.62. The molecule has 1 aliphatic rings. The maximum absolute atomic E-state index is 12.0. The first-order valence-corrected chi connectivity index (χ1v) is 5.68. The van der Waals surface area contributed by atoms with Crippen molar-refractivity contribution in [1.29, 1.82) is 0 Å². The molecule has 0 radical (unpaired) electrons. The first-order chi connectivity index (χ1) is 7.45. The van der Waals surface area contributed by atoms with E-state index < -0.39 is 5.41 Å². The second-order valence-corrected chi connectivity index (χ2v) is 4.43. The Labute approximate surface area is 100 Å². The van der Waals surface area contributed by atoms with E-state index in [2.05, 4.69) is 17.2 Å². The summed E-state index contributed by atoms with van der Waals surface area (Å²) < 4.78 is 0. The summed E-state index contributed by atoms with van der Waals surface area (Å²) in [6, 6.07) is 0. The summed E-state index contributed by atoms with van der Waals surface area (Å²) in [5, 5.41) is 5.05. The lowest BCUT2D eigenvalue weighted by Gasteiger charge is -2.35. The first kappa shape index (κ1) is 12.8. The van der Waals surface area contributed by atoms with Crippen LogP contribution in [0.2, 0.25) is 0 Å². The highest BCUT2D eigenvalue weighted by molar-refractivity contribution is 7.80. The standard InChI is InChI=1S/C11H16N2O2S/c1-4-5-6-11(7(2)3)8(14)12-10(16)13-9(11)15/h2,4-6H2,1,3H3,(H2,12,13,14,15,16). The van der Waals surface area contributed by atoms with Crippen LogP contribution in [-0.2, 0) is 9.59 Å². The van der Waals surface area contributed by atoms with Crippen LogP contribution in [0.5, 0.6) is 0 Å². The van der Waals surface area contributed by atoms with E-state index in [1.165, 1.54) is 0 Å². The summed E-state index contributed by atoms with van der Waals surface area (Å²) in [6.07, 6.45) is 2.18.